The zero-order chi connectivity index (χ0) is 14.3. The summed E-state index contributed by atoms with van der Waals surface area (Å²) in [5, 5.41) is 13.3. The number of rotatable bonds is 2. The van der Waals surface area contributed by atoms with Gasteiger partial charge in [0.25, 0.3) is 0 Å². The molecule has 0 aliphatic rings. The summed E-state index contributed by atoms with van der Waals surface area (Å²) in [5.74, 6) is 0.0714. The third kappa shape index (κ3) is 2.29. The Kier molecular flexibility index (Phi) is 3.02. The van der Waals surface area contributed by atoms with E-state index in [1.807, 2.05) is 30.3 Å². The van der Waals surface area contributed by atoms with E-state index in [4.69, 9.17) is 9.79 Å². The van der Waals surface area contributed by atoms with Crippen LogP contribution in [0.5, 0.6) is 5.75 Å². The lowest BCUT2D eigenvalue weighted by molar-refractivity contribution is 0.372. The van der Waals surface area contributed by atoms with Crippen molar-refractivity contribution >= 4 is 29.1 Å². The zero-order valence-corrected chi connectivity index (χ0v) is 11.4. The maximum absolute atomic E-state index is 11.2. The molecular formula is C15H13O4P. The number of fused-ring (bicyclic) bond motifs is 2. The van der Waals surface area contributed by atoms with E-state index in [0.29, 0.717) is 16.3 Å². The number of hydrogen-bond donors (Lipinski definition) is 3. The van der Waals surface area contributed by atoms with E-state index in [0.717, 1.165) is 10.8 Å². The van der Waals surface area contributed by atoms with E-state index < -0.39 is 7.60 Å². The van der Waals surface area contributed by atoms with Gasteiger partial charge in [0.05, 0.1) is 6.16 Å². The maximum Gasteiger partial charge on any atom is 0.329 e. The number of aromatic hydroxyl groups is 1. The van der Waals surface area contributed by atoms with Crippen LogP contribution < -0.4 is 0 Å². The summed E-state index contributed by atoms with van der Waals surface area (Å²) in [6, 6.07) is 14.5. The van der Waals surface area contributed by atoms with Gasteiger partial charge in [0.2, 0.25) is 0 Å². The molecule has 0 spiro atoms. The van der Waals surface area contributed by atoms with Crippen LogP contribution in [0, 0.1) is 0 Å². The summed E-state index contributed by atoms with van der Waals surface area (Å²) in [4.78, 5) is 18.3. The molecule has 0 radical (unpaired) electrons. The molecule has 0 aliphatic heterocycles. The summed E-state index contributed by atoms with van der Waals surface area (Å²) >= 11 is 0. The van der Waals surface area contributed by atoms with Crippen LogP contribution >= 0.6 is 7.60 Å². The minimum absolute atomic E-state index is 0.0714. The molecule has 102 valence electrons. The van der Waals surface area contributed by atoms with Gasteiger partial charge in [0, 0.05) is 10.8 Å². The van der Waals surface area contributed by atoms with Gasteiger partial charge in [-0.2, -0.15) is 0 Å². The average Bonchev–Trinajstić information content (AvgIpc) is 2.37. The highest BCUT2D eigenvalue weighted by atomic mass is 31.2. The molecule has 0 heterocycles. The van der Waals surface area contributed by atoms with Crippen LogP contribution in [0.2, 0.25) is 0 Å². The smallest absolute Gasteiger partial charge is 0.329 e. The molecule has 0 saturated carbocycles. The van der Waals surface area contributed by atoms with Crippen molar-refractivity contribution in [1.29, 1.82) is 0 Å². The van der Waals surface area contributed by atoms with Crippen molar-refractivity contribution < 1.29 is 19.5 Å². The van der Waals surface area contributed by atoms with Crippen LogP contribution in [0.25, 0.3) is 21.5 Å². The summed E-state index contributed by atoms with van der Waals surface area (Å²) < 4.78 is 11.2. The van der Waals surface area contributed by atoms with Crippen LogP contribution in [0.1, 0.15) is 5.56 Å². The third-order valence-electron chi connectivity index (χ3n) is 3.32. The van der Waals surface area contributed by atoms with E-state index in [2.05, 4.69) is 0 Å². The first-order valence-electron chi connectivity index (χ1n) is 6.12. The molecule has 3 aromatic rings. The van der Waals surface area contributed by atoms with Crippen molar-refractivity contribution in [3.63, 3.8) is 0 Å². The Bertz CT molecular complexity index is 851. The lowest BCUT2D eigenvalue weighted by Gasteiger charge is -2.11. The first kappa shape index (κ1) is 13.1. The molecule has 4 nitrogen and oxygen atoms in total. The molecule has 20 heavy (non-hydrogen) atoms. The zero-order valence-electron chi connectivity index (χ0n) is 10.5. The number of phenolic OH excluding ortho intramolecular Hbond substituents is 1. The molecular weight excluding hydrogens is 275 g/mol. The maximum atomic E-state index is 11.2. The SMILES string of the molecule is O=P(O)(O)Cc1cccc2cc3ccccc3c(O)c12. The fourth-order valence-corrected chi connectivity index (χ4v) is 3.23. The molecule has 0 bridgehead atoms. The molecule has 0 aromatic heterocycles. The molecule has 0 saturated heterocycles. The highest BCUT2D eigenvalue weighted by Crippen LogP contribution is 2.44. The predicted molar refractivity (Wildman–Crippen MR) is 78.9 cm³/mol. The first-order chi connectivity index (χ1) is 9.46. The number of phenols is 1. The van der Waals surface area contributed by atoms with E-state index in [9.17, 15) is 9.67 Å². The molecule has 3 rings (SSSR count). The summed E-state index contributed by atoms with van der Waals surface area (Å²) in [5.41, 5.74) is 0.457. The van der Waals surface area contributed by atoms with Gasteiger partial charge in [-0.05, 0) is 22.4 Å². The Morgan fingerprint density at radius 2 is 1.65 bits per heavy atom. The van der Waals surface area contributed by atoms with Crippen LogP contribution in [-0.4, -0.2) is 14.9 Å². The van der Waals surface area contributed by atoms with Crippen molar-refractivity contribution in [1.82, 2.24) is 0 Å². The van der Waals surface area contributed by atoms with E-state index in [1.165, 1.54) is 0 Å². The monoisotopic (exact) mass is 288 g/mol. The topological polar surface area (TPSA) is 77.8 Å². The Hall–Kier alpha value is -1.87. The Labute approximate surface area is 115 Å². The highest BCUT2D eigenvalue weighted by molar-refractivity contribution is 7.50. The van der Waals surface area contributed by atoms with Gasteiger partial charge >= 0.3 is 7.60 Å². The van der Waals surface area contributed by atoms with E-state index in [-0.39, 0.29) is 11.9 Å². The molecule has 0 amide bonds. The van der Waals surface area contributed by atoms with Gasteiger partial charge in [-0.3, -0.25) is 4.57 Å². The minimum atomic E-state index is -4.18. The Balaban J connectivity index is 2.38. The van der Waals surface area contributed by atoms with Gasteiger partial charge < -0.3 is 14.9 Å². The Morgan fingerprint density at radius 1 is 0.950 bits per heavy atom. The molecule has 0 aliphatic carbocycles. The second kappa shape index (κ2) is 4.60. The van der Waals surface area contributed by atoms with Crippen molar-refractivity contribution in [2.75, 3.05) is 0 Å². The molecule has 0 fully saturated rings. The number of benzene rings is 3. The van der Waals surface area contributed by atoms with Gasteiger partial charge in [-0.25, -0.2) is 0 Å². The molecule has 3 N–H and O–H groups in total. The molecule has 0 atom stereocenters. The van der Waals surface area contributed by atoms with Crippen molar-refractivity contribution in [2.24, 2.45) is 0 Å². The third-order valence-corrected chi connectivity index (χ3v) is 4.08. The van der Waals surface area contributed by atoms with Crippen molar-refractivity contribution in [2.45, 2.75) is 6.16 Å². The number of hydrogen-bond acceptors (Lipinski definition) is 2. The largest absolute Gasteiger partial charge is 0.507 e. The van der Waals surface area contributed by atoms with Gasteiger partial charge in [0.1, 0.15) is 5.75 Å². The van der Waals surface area contributed by atoms with Crippen LogP contribution in [0.3, 0.4) is 0 Å². The fourth-order valence-electron chi connectivity index (χ4n) is 2.52. The van der Waals surface area contributed by atoms with Gasteiger partial charge in [0.15, 0.2) is 0 Å². The summed E-state index contributed by atoms with van der Waals surface area (Å²) in [6.45, 7) is 0. The molecule has 5 heteroatoms. The van der Waals surface area contributed by atoms with E-state index >= 15 is 0 Å². The van der Waals surface area contributed by atoms with Gasteiger partial charge in [-0.15, -0.1) is 0 Å². The van der Waals surface area contributed by atoms with Crippen LogP contribution in [-0.2, 0) is 10.7 Å². The van der Waals surface area contributed by atoms with Crippen LogP contribution in [0.4, 0.5) is 0 Å². The second-order valence-corrected chi connectivity index (χ2v) is 6.43. The lowest BCUT2D eigenvalue weighted by atomic mass is 9.99. The second-order valence-electron chi connectivity index (χ2n) is 4.78. The standard InChI is InChI=1S/C15H13O4P/c16-15-13-7-2-1-4-10(13)8-11-5-3-6-12(14(11)15)9-20(17,18)19/h1-8,16H,9H2,(H2,17,18,19). The normalized spacial score (nSPS) is 12.1. The fraction of sp³-hybridized carbons (Fsp3) is 0.0667. The van der Waals surface area contributed by atoms with Crippen LogP contribution in [0.15, 0.2) is 48.5 Å². The molecule has 0 unspecified atom stereocenters. The van der Waals surface area contributed by atoms with E-state index in [1.54, 1.807) is 18.2 Å². The summed E-state index contributed by atoms with van der Waals surface area (Å²) in [7, 11) is -4.18. The minimum Gasteiger partial charge on any atom is -0.507 e. The lowest BCUT2D eigenvalue weighted by Crippen LogP contribution is -1.90. The van der Waals surface area contributed by atoms with Crippen molar-refractivity contribution in [3.05, 3.63) is 54.1 Å². The quantitative estimate of drug-likeness (QED) is 0.499. The van der Waals surface area contributed by atoms with Crippen molar-refractivity contribution in [3.8, 4) is 5.75 Å². The molecule has 3 aromatic carbocycles. The highest BCUT2D eigenvalue weighted by Gasteiger charge is 2.18. The average molecular weight is 288 g/mol. The Morgan fingerprint density at radius 3 is 2.40 bits per heavy atom. The first-order valence-corrected chi connectivity index (χ1v) is 7.92. The predicted octanol–water partition coefficient (Wildman–Crippen LogP) is 3.38. The summed E-state index contributed by atoms with van der Waals surface area (Å²) in [6.07, 6.45) is -0.379. The van der Waals surface area contributed by atoms with Gasteiger partial charge in [-0.1, -0.05) is 42.5 Å².